The number of piperidine rings is 1. The Kier molecular flexibility index (Phi) is 7.59. The lowest BCUT2D eigenvalue weighted by Gasteiger charge is -2.35. The van der Waals surface area contributed by atoms with Crippen LogP contribution in [0.3, 0.4) is 0 Å². The molecule has 3 atom stereocenters. The van der Waals surface area contributed by atoms with Crippen LogP contribution >= 0.6 is 0 Å². The van der Waals surface area contributed by atoms with Crippen molar-refractivity contribution in [3.8, 4) is 0 Å². The molecule has 0 radical (unpaired) electrons. The van der Waals surface area contributed by atoms with Crippen LogP contribution in [0.25, 0.3) is 0 Å². The standard InChI is InChI=1S/C26H39N3O4Si/c1-34(2,3)13-12-33-17-29-24(30)11-10-23(26(29)32)28-16-20-15-18(8-9-21(20)25(28)31)14-19-6-4-5-7-22(19)27/h8-9,15,19,22-23H,4-7,10-14,16-17,27H2,1-3H3/t19-,22+,23?/m1/s1. The molecule has 2 fully saturated rings. The van der Waals surface area contributed by atoms with Gasteiger partial charge in [0, 0.05) is 39.3 Å². The summed E-state index contributed by atoms with van der Waals surface area (Å²) in [6.07, 6.45) is 6.24. The number of carbonyl (C=O) groups is 3. The Morgan fingerprint density at radius 1 is 1.09 bits per heavy atom. The number of amides is 3. The summed E-state index contributed by atoms with van der Waals surface area (Å²) in [6, 6.07) is 6.65. The lowest BCUT2D eigenvalue weighted by atomic mass is 9.81. The summed E-state index contributed by atoms with van der Waals surface area (Å²) >= 11 is 0. The molecule has 4 rings (SSSR count). The fraction of sp³-hybridized carbons (Fsp3) is 0.654. The van der Waals surface area contributed by atoms with Gasteiger partial charge in [0.2, 0.25) is 5.91 Å². The largest absolute Gasteiger partial charge is 0.361 e. The molecule has 2 heterocycles. The number of benzene rings is 1. The van der Waals surface area contributed by atoms with Crippen molar-refractivity contribution >= 4 is 25.8 Å². The molecule has 0 aromatic heterocycles. The van der Waals surface area contributed by atoms with E-state index >= 15 is 0 Å². The predicted octanol–water partition coefficient (Wildman–Crippen LogP) is 3.53. The molecule has 0 spiro atoms. The van der Waals surface area contributed by atoms with Gasteiger partial charge >= 0.3 is 0 Å². The topological polar surface area (TPSA) is 92.9 Å². The Balaban J connectivity index is 1.40. The van der Waals surface area contributed by atoms with Crippen LogP contribution in [0.5, 0.6) is 0 Å². The number of rotatable bonds is 8. The number of imide groups is 1. The maximum Gasteiger partial charge on any atom is 0.255 e. The second-order valence-electron chi connectivity index (χ2n) is 11.4. The van der Waals surface area contributed by atoms with E-state index in [0.29, 0.717) is 31.1 Å². The highest BCUT2D eigenvalue weighted by atomic mass is 28.3. The summed E-state index contributed by atoms with van der Waals surface area (Å²) < 4.78 is 5.69. The van der Waals surface area contributed by atoms with E-state index in [1.807, 2.05) is 12.1 Å². The summed E-state index contributed by atoms with van der Waals surface area (Å²) in [5.41, 5.74) is 9.19. The van der Waals surface area contributed by atoms with Crippen LogP contribution in [0.15, 0.2) is 18.2 Å². The first-order valence-corrected chi connectivity index (χ1v) is 16.4. The van der Waals surface area contributed by atoms with Crippen LogP contribution in [-0.2, 0) is 27.3 Å². The van der Waals surface area contributed by atoms with Gasteiger partial charge in [-0.2, -0.15) is 0 Å². The van der Waals surface area contributed by atoms with Crippen LogP contribution in [0.2, 0.25) is 25.7 Å². The summed E-state index contributed by atoms with van der Waals surface area (Å²) in [5, 5.41) is 0. The summed E-state index contributed by atoms with van der Waals surface area (Å²) in [4.78, 5) is 41.7. The summed E-state index contributed by atoms with van der Waals surface area (Å²) in [7, 11) is -1.25. The first-order valence-electron chi connectivity index (χ1n) is 12.7. The van der Waals surface area contributed by atoms with Crippen LogP contribution in [0, 0.1) is 5.92 Å². The fourth-order valence-electron chi connectivity index (χ4n) is 5.35. The normalized spacial score (nSPS) is 25.8. The number of ether oxygens (including phenoxy) is 1. The monoisotopic (exact) mass is 485 g/mol. The number of fused-ring (bicyclic) bond motifs is 1. The molecule has 1 aromatic carbocycles. The van der Waals surface area contributed by atoms with Crippen molar-refractivity contribution in [1.82, 2.24) is 9.80 Å². The van der Waals surface area contributed by atoms with Gasteiger partial charge in [0.25, 0.3) is 11.8 Å². The quantitative estimate of drug-likeness (QED) is 0.345. The molecule has 34 heavy (non-hydrogen) atoms. The Labute approximate surface area is 204 Å². The van der Waals surface area contributed by atoms with Crippen molar-refractivity contribution in [3.05, 3.63) is 34.9 Å². The highest BCUT2D eigenvalue weighted by Gasteiger charge is 2.42. The molecule has 2 aliphatic heterocycles. The molecule has 3 aliphatic rings. The van der Waals surface area contributed by atoms with E-state index in [4.69, 9.17) is 10.5 Å². The minimum Gasteiger partial charge on any atom is -0.361 e. The molecule has 1 unspecified atom stereocenters. The number of hydrogen-bond acceptors (Lipinski definition) is 5. The fourth-order valence-corrected chi connectivity index (χ4v) is 6.10. The molecule has 1 aromatic rings. The second-order valence-corrected chi connectivity index (χ2v) is 17.0. The summed E-state index contributed by atoms with van der Waals surface area (Å²) in [6.45, 7) is 7.70. The van der Waals surface area contributed by atoms with Gasteiger partial charge in [-0.1, -0.05) is 44.6 Å². The average molecular weight is 486 g/mol. The maximum atomic E-state index is 13.2. The van der Waals surface area contributed by atoms with Crippen molar-refractivity contribution in [1.29, 1.82) is 0 Å². The molecule has 1 saturated carbocycles. The third kappa shape index (κ3) is 5.61. The van der Waals surface area contributed by atoms with Gasteiger partial charge < -0.3 is 15.4 Å². The predicted molar refractivity (Wildman–Crippen MR) is 134 cm³/mol. The lowest BCUT2D eigenvalue weighted by molar-refractivity contribution is -0.158. The second kappa shape index (κ2) is 10.3. The van der Waals surface area contributed by atoms with Crippen molar-refractivity contribution in [2.45, 2.75) is 89.3 Å². The van der Waals surface area contributed by atoms with Gasteiger partial charge in [0.15, 0.2) is 0 Å². The Morgan fingerprint density at radius 2 is 1.85 bits per heavy atom. The molecule has 186 valence electrons. The van der Waals surface area contributed by atoms with Gasteiger partial charge in [-0.3, -0.25) is 19.3 Å². The van der Waals surface area contributed by atoms with E-state index in [1.165, 1.54) is 23.3 Å². The molecular weight excluding hydrogens is 446 g/mol. The lowest BCUT2D eigenvalue weighted by Crippen LogP contribution is -2.55. The van der Waals surface area contributed by atoms with E-state index in [9.17, 15) is 14.4 Å². The minimum atomic E-state index is -1.25. The zero-order chi connectivity index (χ0) is 24.5. The Hall–Kier alpha value is -2.03. The van der Waals surface area contributed by atoms with Gasteiger partial charge in [0.1, 0.15) is 12.8 Å². The van der Waals surface area contributed by atoms with Crippen LogP contribution in [0.4, 0.5) is 0 Å². The van der Waals surface area contributed by atoms with E-state index < -0.39 is 14.1 Å². The SMILES string of the molecule is C[Si](C)(C)CCOCN1C(=O)CCC(N2Cc3cc(C[C@H]4CCCC[C@@H]4N)ccc3C2=O)C1=O. The van der Waals surface area contributed by atoms with Gasteiger partial charge in [0.05, 0.1) is 0 Å². The first-order chi connectivity index (χ1) is 16.1. The first kappa shape index (κ1) is 25.1. The minimum absolute atomic E-state index is 0.0284. The highest BCUT2D eigenvalue weighted by Crippen LogP contribution is 2.32. The third-order valence-electron chi connectivity index (χ3n) is 7.54. The molecule has 1 saturated heterocycles. The van der Waals surface area contributed by atoms with Crippen LogP contribution in [-0.4, -0.2) is 61.0 Å². The van der Waals surface area contributed by atoms with Gasteiger partial charge in [-0.25, -0.2) is 0 Å². The zero-order valence-electron chi connectivity index (χ0n) is 20.8. The van der Waals surface area contributed by atoms with Crippen molar-refractivity contribution in [2.24, 2.45) is 11.7 Å². The number of nitrogens with zero attached hydrogens (tertiary/aromatic N) is 2. The molecule has 2 N–H and O–H groups in total. The van der Waals surface area contributed by atoms with Crippen molar-refractivity contribution in [3.63, 3.8) is 0 Å². The van der Waals surface area contributed by atoms with Crippen LogP contribution < -0.4 is 5.73 Å². The molecule has 7 nitrogen and oxygen atoms in total. The van der Waals surface area contributed by atoms with Crippen molar-refractivity contribution < 1.29 is 19.1 Å². The van der Waals surface area contributed by atoms with Gasteiger partial charge in [-0.05, 0) is 54.8 Å². The maximum absolute atomic E-state index is 13.2. The molecular formula is C26H39N3O4Si. The molecule has 1 aliphatic carbocycles. The molecule has 0 bridgehead atoms. The smallest absolute Gasteiger partial charge is 0.255 e. The number of hydrogen-bond donors (Lipinski definition) is 1. The summed E-state index contributed by atoms with van der Waals surface area (Å²) in [5.74, 6) is -0.174. The van der Waals surface area contributed by atoms with Gasteiger partial charge in [-0.15, -0.1) is 0 Å². The van der Waals surface area contributed by atoms with Crippen LogP contribution in [0.1, 0.15) is 60.0 Å². The van der Waals surface area contributed by atoms with E-state index in [1.54, 1.807) is 4.90 Å². The number of likely N-dealkylation sites (tertiary alicyclic amines) is 1. The zero-order valence-corrected chi connectivity index (χ0v) is 21.8. The Bertz CT molecular complexity index is 944. The van der Waals surface area contributed by atoms with Crippen molar-refractivity contribution in [2.75, 3.05) is 13.3 Å². The molecule has 8 heteroatoms. The third-order valence-corrected chi connectivity index (χ3v) is 9.25. The van der Waals surface area contributed by atoms with E-state index in [-0.39, 0.29) is 36.9 Å². The average Bonchev–Trinajstić information content (AvgIpc) is 3.09. The number of nitrogens with two attached hydrogens (primary N) is 1. The van der Waals surface area contributed by atoms with E-state index in [2.05, 4.69) is 25.7 Å². The highest BCUT2D eigenvalue weighted by molar-refractivity contribution is 6.76. The van der Waals surface area contributed by atoms with E-state index in [0.717, 1.165) is 30.9 Å². The molecule has 3 amide bonds. The Morgan fingerprint density at radius 3 is 2.59 bits per heavy atom. The number of carbonyl (C=O) groups excluding carboxylic acids is 3.